The minimum atomic E-state index is 0.154. The zero-order valence-corrected chi connectivity index (χ0v) is 15.4. The molecule has 1 aromatic rings. The molecular weight excluding hydrogens is 322 g/mol. The molecule has 1 aromatic carbocycles. The second-order valence-corrected chi connectivity index (χ2v) is 7.99. The molecule has 0 aromatic heterocycles. The van der Waals surface area contributed by atoms with E-state index in [9.17, 15) is 4.79 Å². The molecule has 2 saturated carbocycles. The Bertz CT molecular complexity index is 589. The predicted molar refractivity (Wildman–Crippen MR) is 97.5 cm³/mol. The zero-order valence-electron chi connectivity index (χ0n) is 14.7. The monoisotopic (exact) mass is 349 g/mol. The molecule has 0 saturated heterocycles. The van der Waals surface area contributed by atoms with E-state index in [2.05, 4.69) is 12.2 Å². The van der Waals surface area contributed by atoms with Crippen molar-refractivity contribution < 1.29 is 9.53 Å². The average Bonchev–Trinajstić information content (AvgIpc) is 3.16. The summed E-state index contributed by atoms with van der Waals surface area (Å²) in [5.74, 6) is 3.47. The summed E-state index contributed by atoms with van der Waals surface area (Å²) in [6.07, 6.45) is 6.73. The Morgan fingerprint density at radius 2 is 2.21 bits per heavy atom. The van der Waals surface area contributed by atoms with Gasteiger partial charge >= 0.3 is 0 Å². The van der Waals surface area contributed by atoms with Gasteiger partial charge in [0.15, 0.2) is 0 Å². The van der Waals surface area contributed by atoms with E-state index in [1.54, 1.807) is 0 Å². The molecule has 1 amide bonds. The maximum Gasteiger partial charge on any atom is 0.220 e. The molecule has 0 aliphatic heterocycles. The minimum absolute atomic E-state index is 0.154. The number of aryl methyl sites for hydroxylation is 1. The first-order chi connectivity index (χ1) is 11.5. The lowest BCUT2D eigenvalue weighted by Gasteiger charge is -2.28. The van der Waals surface area contributed by atoms with Crippen LogP contribution in [0.1, 0.15) is 51.0 Å². The number of fused-ring (bicyclic) bond motifs is 2. The molecule has 1 N–H and O–H groups in total. The predicted octanol–water partition coefficient (Wildman–Crippen LogP) is 4.75. The SMILES string of the molecule is Cc1cc(Cl)ccc1OCCCC(=O)N[C@H](C)[C@@H]1C[C@@H]2CC[C@@H]1C2. The molecule has 0 radical (unpaired) electrons. The number of carbonyl (C=O) groups excluding carboxylic acids is 1. The number of benzene rings is 1. The molecule has 2 aliphatic rings. The van der Waals surface area contributed by atoms with Gasteiger partial charge in [-0.25, -0.2) is 0 Å². The second-order valence-electron chi connectivity index (χ2n) is 7.56. The Balaban J connectivity index is 1.35. The number of ether oxygens (including phenoxy) is 1. The molecule has 2 fully saturated rings. The Morgan fingerprint density at radius 3 is 2.88 bits per heavy atom. The molecule has 4 atom stereocenters. The fourth-order valence-corrected chi connectivity index (χ4v) is 4.76. The normalized spacial score (nSPS) is 26.4. The van der Waals surface area contributed by atoms with Crippen LogP contribution in [0.4, 0.5) is 0 Å². The van der Waals surface area contributed by atoms with E-state index >= 15 is 0 Å². The highest BCUT2D eigenvalue weighted by Crippen LogP contribution is 2.49. The van der Waals surface area contributed by atoms with E-state index in [4.69, 9.17) is 16.3 Å². The number of amides is 1. The summed E-state index contributed by atoms with van der Waals surface area (Å²) in [5, 5.41) is 3.93. The van der Waals surface area contributed by atoms with Crippen LogP contribution >= 0.6 is 11.6 Å². The van der Waals surface area contributed by atoms with Gasteiger partial charge in [-0.05, 0) is 81.0 Å². The van der Waals surface area contributed by atoms with Crippen molar-refractivity contribution in [3.05, 3.63) is 28.8 Å². The van der Waals surface area contributed by atoms with E-state index in [1.165, 1.54) is 25.7 Å². The molecule has 132 valence electrons. The topological polar surface area (TPSA) is 38.3 Å². The van der Waals surface area contributed by atoms with Crippen molar-refractivity contribution >= 4 is 17.5 Å². The highest BCUT2D eigenvalue weighted by Gasteiger charge is 2.41. The summed E-state index contributed by atoms with van der Waals surface area (Å²) < 4.78 is 5.75. The first-order valence-corrected chi connectivity index (χ1v) is 9.59. The number of nitrogens with one attached hydrogen (secondary N) is 1. The lowest BCUT2D eigenvalue weighted by atomic mass is 9.84. The van der Waals surface area contributed by atoms with Crippen LogP contribution in [0.2, 0.25) is 5.02 Å². The van der Waals surface area contributed by atoms with Crippen molar-refractivity contribution in [3.8, 4) is 5.75 Å². The van der Waals surface area contributed by atoms with Gasteiger partial charge in [-0.15, -0.1) is 0 Å². The van der Waals surface area contributed by atoms with Gasteiger partial charge in [0.1, 0.15) is 5.75 Å². The molecule has 3 nitrogen and oxygen atoms in total. The molecule has 24 heavy (non-hydrogen) atoms. The van der Waals surface area contributed by atoms with Crippen LogP contribution in [0.3, 0.4) is 0 Å². The molecule has 2 aliphatic carbocycles. The van der Waals surface area contributed by atoms with E-state index < -0.39 is 0 Å². The van der Waals surface area contributed by atoms with Crippen molar-refractivity contribution in [3.63, 3.8) is 0 Å². The molecule has 2 bridgehead atoms. The fourth-order valence-electron chi connectivity index (χ4n) is 4.53. The highest BCUT2D eigenvalue weighted by atomic mass is 35.5. The van der Waals surface area contributed by atoms with Gasteiger partial charge in [0.05, 0.1) is 6.61 Å². The van der Waals surface area contributed by atoms with Crippen molar-refractivity contribution in [1.29, 1.82) is 0 Å². The van der Waals surface area contributed by atoms with E-state index in [0.717, 1.165) is 29.6 Å². The van der Waals surface area contributed by atoms with Crippen molar-refractivity contribution in [2.75, 3.05) is 6.61 Å². The first-order valence-electron chi connectivity index (χ1n) is 9.21. The van der Waals surface area contributed by atoms with E-state index in [-0.39, 0.29) is 5.91 Å². The molecule has 0 spiro atoms. The molecular formula is C20H28ClNO2. The van der Waals surface area contributed by atoms with Crippen LogP contribution in [0, 0.1) is 24.7 Å². The highest BCUT2D eigenvalue weighted by molar-refractivity contribution is 6.30. The average molecular weight is 350 g/mol. The smallest absolute Gasteiger partial charge is 0.220 e. The van der Waals surface area contributed by atoms with Crippen LogP contribution < -0.4 is 10.1 Å². The standard InChI is InChI=1S/C20H28ClNO2/c1-13-10-17(21)7-8-19(13)24-9-3-4-20(23)22-14(2)18-12-15-5-6-16(18)11-15/h7-8,10,14-16,18H,3-6,9,11-12H2,1-2H3,(H,22,23)/t14-,15-,16-,18+/m1/s1. The van der Waals surface area contributed by atoms with Crippen LogP contribution in [0.5, 0.6) is 5.75 Å². The summed E-state index contributed by atoms with van der Waals surface area (Å²) in [5.41, 5.74) is 1.02. The summed E-state index contributed by atoms with van der Waals surface area (Å²) in [4.78, 5) is 12.2. The van der Waals surface area contributed by atoms with Gasteiger partial charge < -0.3 is 10.1 Å². The van der Waals surface area contributed by atoms with Crippen LogP contribution in [-0.4, -0.2) is 18.6 Å². The molecule has 3 rings (SSSR count). The van der Waals surface area contributed by atoms with E-state index in [0.29, 0.717) is 30.0 Å². The van der Waals surface area contributed by atoms with Crippen molar-refractivity contribution in [2.24, 2.45) is 17.8 Å². The van der Waals surface area contributed by atoms with E-state index in [1.807, 2.05) is 25.1 Å². The lowest BCUT2D eigenvalue weighted by molar-refractivity contribution is -0.122. The van der Waals surface area contributed by atoms with Crippen LogP contribution in [0.15, 0.2) is 18.2 Å². The summed E-state index contributed by atoms with van der Waals surface area (Å²) in [6.45, 7) is 4.71. The summed E-state index contributed by atoms with van der Waals surface area (Å²) in [7, 11) is 0. The first kappa shape index (κ1) is 17.6. The number of hydrogen-bond donors (Lipinski definition) is 1. The third-order valence-electron chi connectivity index (χ3n) is 5.77. The fraction of sp³-hybridized carbons (Fsp3) is 0.650. The maximum atomic E-state index is 12.2. The van der Waals surface area contributed by atoms with Crippen molar-refractivity contribution in [2.45, 2.75) is 58.4 Å². The van der Waals surface area contributed by atoms with Gasteiger partial charge in [0.25, 0.3) is 0 Å². The number of rotatable bonds is 7. The summed E-state index contributed by atoms with van der Waals surface area (Å²) in [6, 6.07) is 5.91. The van der Waals surface area contributed by atoms with Crippen LogP contribution in [0.25, 0.3) is 0 Å². The maximum absolute atomic E-state index is 12.2. The van der Waals surface area contributed by atoms with Crippen molar-refractivity contribution in [1.82, 2.24) is 5.32 Å². The Labute approximate surface area is 150 Å². The molecule has 0 unspecified atom stereocenters. The third-order valence-corrected chi connectivity index (χ3v) is 6.00. The summed E-state index contributed by atoms with van der Waals surface area (Å²) >= 11 is 5.94. The Morgan fingerprint density at radius 1 is 1.38 bits per heavy atom. The van der Waals surface area contributed by atoms with Gasteiger partial charge in [-0.2, -0.15) is 0 Å². The third kappa shape index (κ3) is 4.24. The number of carbonyl (C=O) groups is 1. The molecule has 0 heterocycles. The number of hydrogen-bond acceptors (Lipinski definition) is 2. The zero-order chi connectivity index (χ0) is 17.1. The molecule has 4 heteroatoms. The van der Waals surface area contributed by atoms with Gasteiger partial charge in [-0.1, -0.05) is 18.0 Å². The van der Waals surface area contributed by atoms with Gasteiger partial charge in [0, 0.05) is 17.5 Å². The number of halogens is 1. The van der Waals surface area contributed by atoms with Gasteiger partial charge in [0.2, 0.25) is 5.91 Å². The largest absolute Gasteiger partial charge is 0.493 e. The lowest BCUT2D eigenvalue weighted by Crippen LogP contribution is -2.40. The quantitative estimate of drug-likeness (QED) is 0.721. The van der Waals surface area contributed by atoms with Crippen LogP contribution in [-0.2, 0) is 4.79 Å². The van der Waals surface area contributed by atoms with Gasteiger partial charge in [-0.3, -0.25) is 4.79 Å². The Kier molecular flexibility index (Phi) is 5.70. The Hall–Kier alpha value is -1.22. The second kappa shape index (κ2) is 7.77. The minimum Gasteiger partial charge on any atom is -0.493 e.